The van der Waals surface area contributed by atoms with Gasteiger partial charge in [-0.2, -0.15) is 0 Å². The third-order valence-electron chi connectivity index (χ3n) is 2.18. The van der Waals surface area contributed by atoms with Crippen molar-refractivity contribution in [1.82, 2.24) is 0 Å². The molecule has 0 aromatic carbocycles. The number of aliphatic hydroxyl groups excluding tert-OH is 1. The molecular formula is C13H20O4. The molecular weight excluding hydrogens is 220 g/mol. The lowest BCUT2D eigenvalue weighted by atomic mass is 10.0. The van der Waals surface area contributed by atoms with Gasteiger partial charge in [0, 0.05) is 6.42 Å². The zero-order valence-corrected chi connectivity index (χ0v) is 10.8. The van der Waals surface area contributed by atoms with Crippen LogP contribution in [-0.4, -0.2) is 30.6 Å². The number of Topliss-reactive ketones (excluding diaryl/α,β-unsaturated/α-hetero) is 1. The van der Waals surface area contributed by atoms with Crippen LogP contribution in [0.25, 0.3) is 0 Å². The second-order valence-electron chi connectivity index (χ2n) is 4.08. The van der Waals surface area contributed by atoms with E-state index in [2.05, 4.69) is 4.74 Å². The first-order chi connectivity index (χ1) is 7.90. The first-order valence-electron chi connectivity index (χ1n) is 5.46. The van der Waals surface area contributed by atoms with Gasteiger partial charge in [0.05, 0.1) is 19.6 Å². The Kier molecular flexibility index (Phi) is 7.14. The molecule has 0 aliphatic rings. The lowest BCUT2D eigenvalue weighted by Crippen LogP contribution is -2.11. The van der Waals surface area contributed by atoms with Gasteiger partial charge in [-0.05, 0) is 26.3 Å². The number of hydrogen-bond donors (Lipinski definition) is 1. The molecule has 4 heteroatoms. The summed E-state index contributed by atoms with van der Waals surface area (Å²) in [5.74, 6) is -0.700. The molecule has 1 N–H and O–H groups in total. The number of ketones is 1. The summed E-state index contributed by atoms with van der Waals surface area (Å²) >= 11 is 0. The number of carbonyl (C=O) groups excluding carboxylic acids is 2. The number of rotatable bonds is 6. The summed E-state index contributed by atoms with van der Waals surface area (Å²) in [6.45, 7) is 4.84. The Labute approximate surface area is 102 Å². The lowest BCUT2D eigenvalue weighted by molar-refractivity contribution is -0.143. The van der Waals surface area contributed by atoms with Crippen LogP contribution in [0.5, 0.6) is 0 Å². The predicted molar refractivity (Wildman–Crippen MR) is 65.4 cm³/mol. The maximum atomic E-state index is 11.2. The average molecular weight is 240 g/mol. The van der Waals surface area contributed by atoms with Crippen molar-refractivity contribution in [3.05, 3.63) is 23.3 Å². The first kappa shape index (κ1) is 15.6. The molecule has 0 aliphatic carbocycles. The average Bonchev–Trinajstić information content (AvgIpc) is 2.25. The standard InChI is InChI=1S/C13H20O4/c1-9(5-11(3)15)6-12(8-14)7-10(2)13(16)17-4/h6-7,10,14H,5,8H2,1-4H3/b9-6+,12-7+. The Morgan fingerprint density at radius 3 is 2.35 bits per heavy atom. The van der Waals surface area contributed by atoms with Crippen molar-refractivity contribution in [3.8, 4) is 0 Å². The zero-order valence-electron chi connectivity index (χ0n) is 10.8. The van der Waals surface area contributed by atoms with E-state index >= 15 is 0 Å². The molecule has 0 aromatic heterocycles. The van der Waals surface area contributed by atoms with E-state index in [1.165, 1.54) is 14.0 Å². The maximum absolute atomic E-state index is 11.2. The molecule has 1 unspecified atom stereocenters. The van der Waals surface area contributed by atoms with Crippen LogP contribution in [0.4, 0.5) is 0 Å². The number of carbonyl (C=O) groups is 2. The highest BCUT2D eigenvalue weighted by Gasteiger charge is 2.10. The smallest absolute Gasteiger partial charge is 0.312 e. The van der Waals surface area contributed by atoms with Crippen LogP contribution in [0, 0.1) is 5.92 Å². The Bertz CT molecular complexity index is 339. The molecule has 96 valence electrons. The van der Waals surface area contributed by atoms with E-state index in [0.717, 1.165) is 5.57 Å². The van der Waals surface area contributed by atoms with Crippen molar-refractivity contribution >= 4 is 11.8 Å². The molecule has 0 saturated heterocycles. The van der Waals surface area contributed by atoms with Crippen molar-refractivity contribution in [2.45, 2.75) is 27.2 Å². The summed E-state index contributed by atoms with van der Waals surface area (Å²) < 4.78 is 4.59. The number of esters is 1. The van der Waals surface area contributed by atoms with Gasteiger partial charge in [-0.3, -0.25) is 9.59 Å². The van der Waals surface area contributed by atoms with Gasteiger partial charge in [-0.15, -0.1) is 0 Å². The van der Waals surface area contributed by atoms with E-state index in [9.17, 15) is 9.59 Å². The number of methoxy groups -OCH3 is 1. The maximum Gasteiger partial charge on any atom is 0.312 e. The first-order valence-corrected chi connectivity index (χ1v) is 5.46. The summed E-state index contributed by atoms with van der Waals surface area (Å²) in [4.78, 5) is 22.1. The fourth-order valence-electron chi connectivity index (χ4n) is 1.48. The number of ether oxygens (including phenoxy) is 1. The molecule has 0 aromatic rings. The molecule has 0 spiro atoms. The van der Waals surface area contributed by atoms with Crippen LogP contribution < -0.4 is 0 Å². The van der Waals surface area contributed by atoms with Gasteiger partial charge >= 0.3 is 5.97 Å². The van der Waals surface area contributed by atoms with Crippen LogP contribution in [0.3, 0.4) is 0 Å². The van der Waals surface area contributed by atoms with Gasteiger partial charge in [0.1, 0.15) is 5.78 Å². The number of hydrogen-bond acceptors (Lipinski definition) is 4. The van der Waals surface area contributed by atoms with E-state index in [0.29, 0.717) is 12.0 Å². The molecule has 4 nitrogen and oxygen atoms in total. The number of allylic oxidation sites excluding steroid dienone is 1. The van der Waals surface area contributed by atoms with Gasteiger partial charge in [-0.1, -0.05) is 17.7 Å². The molecule has 0 rings (SSSR count). The van der Waals surface area contributed by atoms with E-state index in [1.54, 1.807) is 19.1 Å². The van der Waals surface area contributed by atoms with Gasteiger partial charge in [0.25, 0.3) is 0 Å². The van der Waals surface area contributed by atoms with Crippen molar-refractivity contribution < 1.29 is 19.4 Å². The normalized spacial score (nSPS) is 14.4. The quantitative estimate of drug-likeness (QED) is 0.566. The van der Waals surface area contributed by atoms with Crippen molar-refractivity contribution in [3.63, 3.8) is 0 Å². The summed E-state index contributed by atoms with van der Waals surface area (Å²) in [6, 6.07) is 0. The molecule has 17 heavy (non-hydrogen) atoms. The third kappa shape index (κ3) is 6.68. The second kappa shape index (κ2) is 7.79. The molecule has 1 atom stereocenters. The molecule has 0 amide bonds. The largest absolute Gasteiger partial charge is 0.469 e. The minimum absolute atomic E-state index is 0.0667. The highest BCUT2D eigenvalue weighted by atomic mass is 16.5. The van der Waals surface area contributed by atoms with Gasteiger partial charge in [0.15, 0.2) is 0 Å². The minimum Gasteiger partial charge on any atom is -0.469 e. The molecule has 0 bridgehead atoms. The summed E-state index contributed by atoms with van der Waals surface area (Å²) in [5, 5.41) is 9.16. The fraction of sp³-hybridized carbons (Fsp3) is 0.538. The number of aliphatic hydroxyl groups is 1. The Morgan fingerprint density at radius 2 is 1.94 bits per heavy atom. The highest BCUT2D eigenvalue weighted by molar-refractivity contribution is 5.78. The zero-order chi connectivity index (χ0) is 13.4. The fourth-order valence-corrected chi connectivity index (χ4v) is 1.48. The minimum atomic E-state index is -0.413. The van der Waals surface area contributed by atoms with E-state index < -0.39 is 5.92 Å². The van der Waals surface area contributed by atoms with Gasteiger partial charge < -0.3 is 9.84 Å². The lowest BCUT2D eigenvalue weighted by Gasteiger charge is -2.06. The van der Waals surface area contributed by atoms with Crippen molar-refractivity contribution in [2.75, 3.05) is 13.7 Å². The predicted octanol–water partition coefficient (Wildman–Crippen LogP) is 1.64. The Hall–Kier alpha value is -1.42. The third-order valence-corrected chi connectivity index (χ3v) is 2.18. The summed E-state index contributed by atoms with van der Waals surface area (Å²) in [5.41, 5.74) is 1.47. The van der Waals surface area contributed by atoms with Crippen LogP contribution in [0.15, 0.2) is 23.3 Å². The Morgan fingerprint density at radius 1 is 1.35 bits per heavy atom. The molecule has 0 fully saturated rings. The van der Waals surface area contributed by atoms with Crippen LogP contribution in [0.1, 0.15) is 27.2 Å². The van der Waals surface area contributed by atoms with Crippen molar-refractivity contribution in [2.24, 2.45) is 5.92 Å². The summed E-state index contributed by atoms with van der Waals surface area (Å²) in [6.07, 6.45) is 3.71. The molecule has 0 aliphatic heterocycles. The SMILES string of the molecule is COC(=O)C(C)/C=C(\C=C(/C)CC(C)=O)CO. The molecule has 0 radical (unpaired) electrons. The van der Waals surface area contributed by atoms with Gasteiger partial charge in [0.2, 0.25) is 0 Å². The topological polar surface area (TPSA) is 63.6 Å². The van der Waals surface area contributed by atoms with E-state index in [-0.39, 0.29) is 18.4 Å². The van der Waals surface area contributed by atoms with Crippen LogP contribution >= 0.6 is 0 Å². The second-order valence-corrected chi connectivity index (χ2v) is 4.08. The van der Waals surface area contributed by atoms with Crippen LogP contribution in [-0.2, 0) is 14.3 Å². The van der Waals surface area contributed by atoms with Crippen molar-refractivity contribution in [1.29, 1.82) is 0 Å². The molecule has 0 saturated carbocycles. The van der Waals surface area contributed by atoms with E-state index in [4.69, 9.17) is 5.11 Å². The molecule has 0 heterocycles. The van der Waals surface area contributed by atoms with Crippen LogP contribution in [0.2, 0.25) is 0 Å². The van der Waals surface area contributed by atoms with Gasteiger partial charge in [-0.25, -0.2) is 0 Å². The Balaban J connectivity index is 4.77. The summed E-state index contributed by atoms with van der Waals surface area (Å²) in [7, 11) is 1.32. The monoisotopic (exact) mass is 240 g/mol. The highest BCUT2D eigenvalue weighted by Crippen LogP contribution is 2.10. The van der Waals surface area contributed by atoms with E-state index in [1.807, 2.05) is 6.92 Å².